The van der Waals surface area contributed by atoms with Crippen LogP contribution in [0.1, 0.15) is 22.4 Å². The molecule has 1 aromatic carbocycles. The number of aromatic nitrogens is 1. The van der Waals surface area contributed by atoms with E-state index in [0.717, 1.165) is 16.8 Å². The first-order valence-corrected chi connectivity index (χ1v) is 6.99. The molecule has 1 heterocycles. The zero-order valence-electron chi connectivity index (χ0n) is 11.9. The number of hydrogen-bond donors (Lipinski definition) is 2. The van der Waals surface area contributed by atoms with Crippen molar-refractivity contribution < 1.29 is 9.84 Å². The van der Waals surface area contributed by atoms with Gasteiger partial charge in [-0.1, -0.05) is 0 Å². The Hall–Kier alpha value is -2.08. The van der Waals surface area contributed by atoms with Gasteiger partial charge in [-0.3, -0.25) is 5.43 Å². The molecule has 0 saturated carbocycles. The molecular formula is C14H17N3O2S. The van der Waals surface area contributed by atoms with E-state index < -0.39 is 0 Å². The van der Waals surface area contributed by atoms with Crippen molar-refractivity contribution in [2.24, 2.45) is 5.10 Å². The van der Waals surface area contributed by atoms with Gasteiger partial charge in [0.25, 0.3) is 0 Å². The lowest BCUT2D eigenvalue weighted by Gasteiger charge is -2.11. The lowest BCUT2D eigenvalue weighted by Crippen LogP contribution is -1.96. The third kappa shape index (κ3) is 2.91. The minimum Gasteiger partial charge on any atom is -0.504 e. The van der Waals surface area contributed by atoms with E-state index >= 15 is 0 Å². The number of phenolic OH excluding ortho intramolecular Hbond substituents is 1. The summed E-state index contributed by atoms with van der Waals surface area (Å²) in [7, 11) is 1.54. The lowest BCUT2D eigenvalue weighted by molar-refractivity contribution is 0.370. The number of rotatable bonds is 4. The van der Waals surface area contributed by atoms with Crippen LogP contribution in [-0.4, -0.2) is 23.4 Å². The third-order valence-corrected chi connectivity index (χ3v) is 3.84. The molecule has 6 heteroatoms. The van der Waals surface area contributed by atoms with Gasteiger partial charge in [0.2, 0.25) is 5.13 Å². The minimum atomic E-state index is 0.0940. The van der Waals surface area contributed by atoms with Crippen LogP contribution in [0, 0.1) is 20.8 Å². The monoisotopic (exact) mass is 291 g/mol. The van der Waals surface area contributed by atoms with Crippen LogP contribution in [0.2, 0.25) is 0 Å². The van der Waals surface area contributed by atoms with E-state index in [0.29, 0.717) is 16.4 Å². The highest BCUT2D eigenvalue weighted by molar-refractivity contribution is 7.13. The fourth-order valence-corrected chi connectivity index (χ4v) is 2.45. The molecule has 0 aliphatic rings. The number of aromatic hydroxyl groups is 1. The molecule has 20 heavy (non-hydrogen) atoms. The topological polar surface area (TPSA) is 66.7 Å². The minimum absolute atomic E-state index is 0.0940. The summed E-state index contributed by atoms with van der Waals surface area (Å²) in [5.41, 5.74) is 6.34. The fraction of sp³-hybridized carbons (Fsp3) is 0.286. The van der Waals surface area contributed by atoms with Gasteiger partial charge in [0.15, 0.2) is 11.5 Å². The van der Waals surface area contributed by atoms with Gasteiger partial charge in [-0.15, -0.1) is 11.3 Å². The SMILES string of the molecule is COc1c(C)c(C)cc(C=NNc2nc(C)cs2)c1O. The first-order chi connectivity index (χ1) is 9.52. The highest BCUT2D eigenvalue weighted by Gasteiger charge is 2.12. The summed E-state index contributed by atoms with van der Waals surface area (Å²) in [5.74, 6) is 0.577. The number of hydrazone groups is 1. The number of nitrogens with zero attached hydrogens (tertiary/aromatic N) is 2. The Balaban J connectivity index is 2.23. The molecule has 0 spiro atoms. The van der Waals surface area contributed by atoms with Crippen LogP contribution in [0.4, 0.5) is 5.13 Å². The number of benzene rings is 1. The van der Waals surface area contributed by atoms with Crippen molar-refractivity contribution in [3.8, 4) is 11.5 Å². The number of phenols is 1. The number of hydrogen-bond acceptors (Lipinski definition) is 6. The van der Waals surface area contributed by atoms with Gasteiger partial charge in [-0.2, -0.15) is 5.10 Å². The predicted molar refractivity (Wildman–Crippen MR) is 82.2 cm³/mol. The number of nitrogens with one attached hydrogen (secondary N) is 1. The Labute approximate surface area is 121 Å². The standard InChI is InChI=1S/C14H17N3O2S/c1-8-5-11(12(18)13(19-4)10(8)3)6-15-17-14-16-9(2)7-20-14/h5-7,18H,1-4H3,(H,16,17). The van der Waals surface area contributed by atoms with Gasteiger partial charge >= 0.3 is 0 Å². The molecule has 0 saturated heterocycles. The van der Waals surface area contributed by atoms with Crippen LogP contribution >= 0.6 is 11.3 Å². The van der Waals surface area contributed by atoms with Gasteiger partial charge in [0.1, 0.15) is 0 Å². The molecule has 0 atom stereocenters. The van der Waals surface area contributed by atoms with Crippen molar-refractivity contribution in [3.63, 3.8) is 0 Å². The Kier molecular flexibility index (Phi) is 4.24. The molecule has 1 aromatic heterocycles. The summed E-state index contributed by atoms with van der Waals surface area (Å²) in [4.78, 5) is 4.24. The van der Waals surface area contributed by atoms with Gasteiger partial charge in [-0.25, -0.2) is 4.98 Å². The molecule has 0 aliphatic carbocycles. The number of methoxy groups -OCH3 is 1. The quantitative estimate of drug-likeness (QED) is 0.670. The Morgan fingerprint density at radius 1 is 1.40 bits per heavy atom. The van der Waals surface area contributed by atoms with Gasteiger partial charge < -0.3 is 9.84 Å². The summed E-state index contributed by atoms with van der Waals surface area (Å²) in [5, 5.41) is 16.9. The Bertz CT molecular complexity index is 650. The van der Waals surface area contributed by atoms with Crippen molar-refractivity contribution in [2.45, 2.75) is 20.8 Å². The number of thiazole rings is 1. The number of anilines is 1. The molecule has 2 aromatic rings. The average Bonchev–Trinajstić information content (AvgIpc) is 2.82. The van der Waals surface area contributed by atoms with E-state index in [1.807, 2.05) is 32.2 Å². The molecule has 106 valence electrons. The van der Waals surface area contributed by atoms with E-state index in [4.69, 9.17) is 4.74 Å². The predicted octanol–water partition coefficient (Wildman–Crippen LogP) is 3.23. The number of ether oxygens (including phenoxy) is 1. The van der Waals surface area contributed by atoms with E-state index in [1.54, 1.807) is 13.3 Å². The highest BCUT2D eigenvalue weighted by atomic mass is 32.1. The van der Waals surface area contributed by atoms with Crippen LogP contribution in [0.5, 0.6) is 11.5 Å². The molecule has 0 bridgehead atoms. The maximum Gasteiger partial charge on any atom is 0.203 e. The van der Waals surface area contributed by atoms with Crippen LogP contribution in [0.3, 0.4) is 0 Å². The maximum absolute atomic E-state index is 10.1. The lowest BCUT2D eigenvalue weighted by atomic mass is 10.0. The Morgan fingerprint density at radius 3 is 2.75 bits per heavy atom. The van der Waals surface area contributed by atoms with Crippen LogP contribution in [0.15, 0.2) is 16.5 Å². The average molecular weight is 291 g/mol. The molecular weight excluding hydrogens is 274 g/mol. The molecule has 0 radical (unpaired) electrons. The zero-order valence-corrected chi connectivity index (χ0v) is 12.7. The second-order valence-electron chi connectivity index (χ2n) is 4.45. The first-order valence-electron chi connectivity index (χ1n) is 6.11. The highest BCUT2D eigenvalue weighted by Crippen LogP contribution is 2.34. The molecule has 0 fully saturated rings. The third-order valence-electron chi connectivity index (χ3n) is 2.98. The van der Waals surface area contributed by atoms with E-state index in [9.17, 15) is 5.11 Å². The smallest absolute Gasteiger partial charge is 0.203 e. The zero-order chi connectivity index (χ0) is 14.7. The van der Waals surface area contributed by atoms with Gasteiger partial charge in [0.05, 0.1) is 19.0 Å². The normalized spacial score (nSPS) is 11.0. The maximum atomic E-state index is 10.1. The molecule has 0 aliphatic heterocycles. The van der Waals surface area contributed by atoms with Gasteiger partial charge in [0, 0.05) is 10.9 Å². The number of aryl methyl sites for hydroxylation is 2. The molecule has 2 N–H and O–H groups in total. The first kappa shape index (κ1) is 14.3. The van der Waals surface area contributed by atoms with Crippen molar-refractivity contribution in [3.05, 3.63) is 33.8 Å². The second-order valence-corrected chi connectivity index (χ2v) is 5.31. The van der Waals surface area contributed by atoms with E-state index in [-0.39, 0.29) is 5.75 Å². The summed E-state index contributed by atoms with van der Waals surface area (Å²) >= 11 is 1.48. The van der Waals surface area contributed by atoms with E-state index in [2.05, 4.69) is 15.5 Å². The van der Waals surface area contributed by atoms with Gasteiger partial charge in [-0.05, 0) is 38.0 Å². The summed E-state index contributed by atoms with van der Waals surface area (Å²) in [6.45, 7) is 5.79. The molecule has 2 rings (SSSR count). The largest absolute Gasteiger partial charge is 0.504 e. The van der Waals surface area contributed by atoms with Crippen LogP contribution in [0.25, 0.3) is 0 Å². The van der Waals surface area contributed by atoms with Crippen LogP contribution < -0.4 is 10.2 Å². The van der Waals surface area contributed by atoms with Crippen molar-refractivity contribution in [1.82, 2.24) is 4.98 Å². The molecule has 0 unspecified atom stereocenters. The molecule has 5 nitrogen and oxygen atoms in total. The Morgan fingerprint density at radius 2 is 2.15 bits per heavy atom. The fourth-order valence-electron chi connectivity index (χ4n) is 1.81. The summed E-state index contributed by atoms with van der Waals surface area (Å²) < 4.78 is 5.22. The van der Waals surface area contributed by atoms with E-state index in [1.165, 1.54) is 11.3 Å². The second kappa shape index (κ2) is 5.92. The summed E-state index contributed by atoms with van der Waals surface area (Å²) in [6, 6.07) is 1.87. The van der Waals surface area contributed by atoms with Crippen molar-refractivity contribution in [2.75, 3.05) is 12.5 Å². The van der Waals surface area contributed by atoms with Crippen molar-refractivity contribution in [1.29, 1.82) is 0 Å². The molecule has 0 amide bonds. The van der Waals surface area contributed by atoms with Crippen molar-refractivity contribution >= 4 is 22.7 Å². The van der Waals surface area contributed by atoms with Crippen LogP contribution in [-0.2, 0) is 0 Å². The summed E-state index contributed by atoms with van der Waals surface area (Å²) in [6.07, 6.45) is 1.56.